The molecule has 5 aromatic carbocycles. The fraction of sp³-hybridized carbons (Fsp3) is 0.0909. The number of aromatic nitrogens is 2. The second-order valence-electron chi connectivity index (χ2n) is 13.0. The molecule has 6 nitrogen and oxygen atoms in total. The molecule has 0 saturated heterocycles. The third kappa shape index (κ3) is 4.56. The van der Waals surface area contributed by atoms with Gasteiger partial charge in [-0.25, -0.2) is 4.99 Å². The molecule has 240 valence electrons. The third-order valence-electron chi connectivity index (χ3n) is 10.1. The number of dihydropyridines is 1. The highest BCUT2D eigenvalue weighted by atomic mass is 15.3. The van der Waals surface area contributed by atoms with Crippen LogP contribution in [0, 0.1) is 0 Å². The molecule has 0 radical (unpaired) electrons. The average Bonchev–Trinajstić information content (AvgIpc) is 3.72. The Balaban J connectivity index is 1.14. The van der Waals surface area contributed by atoms with Crippen LogP contribution in [0.15, 0.2) is 173 Å². The molecule has 0 bridgehead atoms. The highest BCUT2D eigenvalue weighted by molar-refractivity contribution is 6.23. The van der Waals surface area contributed by atoms with E-state index in [0.29, 0.717) is 0 Å². The van der Waals surface area contributed by atoms with Crippen LogP contribution in [0.1, 0.15) is 36.3 Å². The van der Waals surface area contributed by atoms with Gasteiger partial charge in [-0.15, -0.1) is 0 Å². The second-order valence-corrected chi connectivity index (χ2v) is 13.0. The summed E-state index contributed by atoms with van der Waals surface area (Å²) < 4.78 is 4.93. The van der Waals surface area contributed by atoms with E-state index in [1.807, 2.05) is 30.5 Å². The van der Waals surface area contributed by atoms with E-state index >= 15 is 0 Å². The number of benzene rings is 5. The van der Waals surface area contributed by atoms with Crippen LogP contribution in [0.2, 0.25) is 0 Å². The van der Waals surface area contributed by atoms with Crippen molar-refractivity contribution < 1.29 is 0 Å². The van der Waals surface area contributed by atoms with E-state index in [9.17, 15) is 0 Å². The van der Waals surface area contributed by atoms with E-state index in [4.69, 9.17) is 9.98 Å². The lowest BCUT2D eigenvalue weighted by molar-refractivity contribution is 0.579. The number of hydrogen-bond acceptors (Lipinski definition) is 4. The molecule has 2 N–H and O–H groups in total. The van der Waals surface area contributed by atoms with Crippen LogP contribution in [-0.4, -0.2) is 21.2 Å². The highest BCUT2D eigenvalue weighted by Gasteiger charge is 2.26. The third-order valence-corrected chi connectivity index (χ3v) is 10.1. The quantitative estimate of drug-likeness (QED) is 0.200. The lowest BCUT2D eigenvalue weighted by Crippen LogP contribution is -2.41. The maximum atomic E-state index is 5.27. The van der Waals surface area contributed by atoms with E-state index in [2.05, 4.69) is 147 Å². The molecular weight excluding hydrogens is 613 g/mol. The molecule has 0 saturated carbocycles. The van der Waals surface area contributed by atoms with Crippen molar-refractivity contribution >= 4 is 61.4 Å². The Hall–Kier alpha value is -6.40. The normalized spacial score (nSPS) is 20.3. The standard InChI is InChI=1S/C44H34N6/c1-4-14-29(15-5-1)42-46-43(30-16-6-2-7-17-30)48-44(47-42)31-24-27-39(45-28-31)50-38-23-13-11-21-34(38)36-26-25-35-33-20-10-12-22-37(33)49(40(35)41(36)50)32-18-8-3-9-19-32/h1-8,10-18,20-28,39,42,47H,9,19H2,(H,46,48). The Labute approximate surface area is 289 Å². The van der Waals surface area contributed by atoms with Crippen molar-refractivity contribution in [3.63, 3.8) is 0 Å². The monoisotopic (exact) mass is 646 g/mol. The van der Waals surface area contributed by atoms with Crippen LogP contribution in [0.3, 0.4) is 0 Å². The summed E-state index contributed by atoms with van der Waals surface area (Å²) in [6.07, 6.45) is 14.7. The van der Waals surface area contributed by atoms with Crippen LogP contribution < -0.4 is 10.6 Å². The van der Waals surface area contributed by atoms with Gasteiger partial charge in [0, 0.05) is 44.6 Å². The fourth-order valence-electron chi connectivity index (χ4n) is 7.80. The Morgan fingerprint density at radius 2 is 1.38 bits per heavy atom. The second kappa shape index (κ2) is 11.6. The van der Waals surface area contributed by atoms with Crippen molar-refractivity contribution in [3.05, 3.63) is 174 Å². The van der Waals surface area contributed by atoms with Gasteiger partial charge in [-0.1, -0.05) is 121 Å². The molecule has 50 heavy (non-hydrogen) atoms. The van der Waals surface area contributed by atoms with Gasteiger partial charge in [0.25, 0.3) is 0 Å². The smallest absolute Gasteiger partial charge is 0.148 e. The Bertz CT molecular complexity index is 2630. The van der Waals surface area contributed by atoms with Crippen molar-refractivity contribution in [1.82, 2.24) is 19.8 Å². The average molecular weight is 647 g/mol. The molecule has 0 spiro atoms. The van der Waals surface area contributed by atoms with E-state index in [1.165, 1.54) is 49.3 Å². The number of nitrogens with one attached hydrogen (secondary N) is 2. The van der Waals surface area contributed by atoms with Crippen molar-refractivity contribution in [2.45, 2.75) is 25.2 Å². The molecule has 2 aromatic heterocycles. The van der Waals surface area contributed by atoms with Gasteiger partial charge in [0.15, 0.2) is 0 Å². The minimum absolute atomic E-state index is 0.227. The molecule has 3 aliphatic rings. The summed E-state index contributed by atoms with van der Waals surface area (Å²) >= 11 is 0. The SMILES string of the molecule is C1=CCCC(n2c3ccccc3c3ccc4c5ccccc5n(C5C=CC(=C6NC(c7ccccc7)=NC(c7ccccc7)N6)C=N5)c4c32)=C1. The summed E-state index contributed by atoms with van der Waals surface area (Å²) in [6.45, 7) is 0. The van der Waals surface area contributed by atoms with Gasteiger partial charge in [0.05, 0.1) is 22.1 Å². The molecule has 4 heterocycles. The zero-order valence-electron chi connectivity index (χ0n) is 27.4. The maximum Gasteiger partial charge on any atom is 0.148 e. The molecule has 6 heteroatoms. The molecular formula is C44H34N6. The summed E-state index contributed by atoms with van der Waals surface area (Å²) in [5, 5.41) is 12.2. The Kier molecular flexibility index (Phi) is 6.65. The predicted molar refractivity (Wildman–Crippen MR) is 207 cm³/mol. The summed E-state index contributed by atoms with van der Waals surface area (Å²) in [6, 6.07) is 42.8. The first-order chi connectivity index (χ1) is 24.8. The van der Waals surface area contributed by atoms with Crippen LogP contribution in [0.25, 0.3) is 49.3 Å². The number of para-hydroxylation sites is 2. The van der Waals surface area contributed by atoms with Crippen LogP contribution in [0.5, 0.6) is 0 Å². The topological polar surface area (TPSA) is 58.6 Å². The summed E-state index contributed by atoms with van der Waals surface area (Å²) in [5.74, 6) is 1.71. The van der Waals surface area contributed by atoms with Crippen molar-refractivity contribution in [2.75, 3.05) is 0 Å². The molecule has 10 rings (SSSR count). The number of rotatable bonds is 4. The van der Waals surface area contributed by atoms with E-state index in [-0.39, 0.29) is 12.3 Å². The zero-order valence-corrected chi connectivity index (χ0v) is 27.4. The van der Waals surface area contributed by atoms with E-state index < -0.39 is 0 Å². The molecule has 7 aromatic rings. The van der Waals surface area contributed by atoms with E-state index in [0.717, 1.165) is 41.2 Å². The summed E-state index contributed by atoms with van der Waals surface area (Å²) in [5.41, 5.74) is 9.28. The van der Waals surface area contributed by atoms with Gasteiger partial charge in [-0.3, -0.25) is 4.99 Å². The number of nitrogens with zero attached hydrogens (tertiary/aromatic N) is 4. The molecule has 0 fully saturated rings. The van der Waals surface area contributed by atoms with Gasteiger partial charge in [0.1, 0.15) is 24.0 Å². The number of aliphatic imine (C=N–C) groups is 2. The van der Waals surface area contributed by atoms with Gasteiger partial charge < -0.3 is 19.8 Å². The predicted octanol–water partition coefficient (Wildman–Crippen LogP) is 9.78. The molecule has 2 unspecified atom stereocenters. The lowest BCUT2D eigenvalue weighted by atomic mass is 10.1. The Morgan fingerprint density at radius 3 is 2.12 bits per heavy atom. The highest BCUT2D eigenvalue weighted by Crippen LogP contribution is 2.43. The molecule has 1 aliphatic carbocycles. The van der Waals surface area contributed by atoms with Crippen molar-refractivity contribution in [3.8, 4) is 0 Å². The number of fused-ring (bicyclic) bond motifs is 7. The Morgan fingerprint density at radius 1 is 0.680 bits per heavy atom. The molecule has 2 aliphatic heterocycles. The fourth-order valence-corrected chi connectivity index (χ4v) is 7.80. The summed E-state index contributed by atoms with van der Waals surface area (Å²) in [7, 11) is 0. The first kappa shape index (κ1) is 28.6. The van der Waals surface area contributed by atoms with E-state index in [1.54, 1.807) is 0 Å². The minimum Gasteiger partial charge on any atom is -0.346 e. The van der Waals surface area contributed by atoms with Gasteiger partial charge in [0.2, 0.25) is 0 Å². The van der Waals surface area contributed by atoms with Crippen molar-refractivity contribution in [1.29, 1.82) is 0 Å². The zero-order chi connectivity index (χ0) is 33.0. The van der Waals surface area contributed by atoms with Crippen LogP contribution >= 0.6 is 0 Å². The van der Waals surface area contributed by atoms with Gasteiger partial charge in [-0.2, -0.15) is 0 Å². The van der Waals surface area contributed by atoms with Crippen LogP contribution in [0.4, 0.5) is 0 Å². The van der Waals surface area contributed by atoms with Crippen LogP contribution in [-0.2, 0) is 0 Å². The first-order valence-corrected chi connectivity index (χ1v) is 17.3. The van der Waals surface area contributed by atoms with Gasteiger partial charge >= 0.3 is 0 Å². The first-order valence-electron chi connectivity index (χ1n) is 17.3. The molecule has 0 amide bonds. The number of hydrogen-bond donors (Lipinski definition) is 2. The van der Waals surface area contributed by atoms with Crippen molar-refractivity contribution in [2.24, 2.45) is 9.98 Å². The molecule has 2 atom stereocenters. The van der Waals surface area contributed by atoms with Gasteiger partial charge in [-0.05, 0) is 48.8 Å². The number of amidine groups is 1. The lowest BCUT2D eigenvalue weighted by Gasteiger charge is -2.29. The number of allylic oxidation sites excluding steroid dienone is 6. The summed E-state index contributed by atoms with van der Waals surface area (Å²) in [4.78, 5) is 10.3. The minimum atomic E-state index is -0.230. The maximum absolute atomic E-state index is 5.27. The largest absolute Gasteiger partial charge is 0.346 e.